The zero-order chi connectivity index (χ0) is 23.3. The highest BCUT2D eigenvalue weighted by Crippen LogP contribution is 2.39. The molecule has 3 amide bonds. The number of esters is 1. The quantitative estimate of drug-likeness (QED) is 0.376. The van der Waals surface area contributed by atoms with Gasteiger partial charge in [0.25, 0.3) is 11.1 Å². The van der Waals surface area contributed by atoms with Crippen LogP contribution in [0.25, 0.3) is 6.08 Å². The van der Waals surface area contributed by atoms with Crippen LogP contribution in [0, 0.1) is 0 Å². The van der Waals surface area contributed by atoms with Crippen LogP contribution in [0.1, 0.15) is 25.3 Å². The molecule has 2 saturated heterocycles. The molecule has 1 aromatic carbocycles. The Bertz CT molecular complexity index is 960. The topological polar surface area (TPSA) is 102 Å². The summed E-state index contributed by atoms with van der Waals surface area (Å²) < 4.78 is 16.2. The summed E-state index contributed by atoms with van der Waals surface area (Å²) in [6.45, 7) is 2.72. The molecule has 0 saturated carbocycles. The SMILES string of the molecule is CCOC(=O)COc1c(Br)cc(/C=C2\SC(=O)N(CC(=O)N3CCCC3)C2=O)cc1OC. The van der Waals surface area contributed by atoms with Crippen molar-refractivity contribution in [2.75, 3.05) is 40.0 Å². The first-order valence-corrected chi connectivity index (χ1v) is 11.6. The summed E-state index contributed by atoms with van der Waals surface area (Å²) >= 11 is 4.16. The van der Waals surface area contributed by atoms with Gasteiger partial charge < -0.3 is 19.1 Å². The molecule has 2 aliphatic heterocycles. The number of amides is 3. The molecule has 9 nitrogen and oxygen atoms in total. The average Bonchev–Trinajstić information content (AvgIpc) is 3.38. The minimum atomic E-state index is -0.511. The Kier molecular flexibility index (Phi) is 8.19. The molecule has 0 spiro atoms. The van der Waals surface area contributed by atoms with Gasteiger partial charge in [0.15, 0.2) is 18.1 Å². The maximum Gasteiger partial charge on any atom is 0.344 e. The molecule has 1 aromatic rings. The number of likely N-dealkylation sites (tertiary alicyclic amines) is 1. The number of benzene rings is 1. The van der Waals surface area contributed by atoms with Crippen LogP contribution in [0.2, 0.25) is 0 Å². The first-order chi connectivity index (χ1) is 15.3. The van der Waals surface area contributed by atoms with Gasteiger partial charge in [0.1, 0.15) is 6.54 Å². The standard InChI is InChI=1S/C21H23BrN2O7S/c1-3-30-18(26)12-31-19-14(22)8-13(9-15(19)29-2)10-16-20(27)24(21(28)32-16)11-17(25)23-6-4-5-7-23/h8-10H,3-7,11-12H2,1-2H3/b16-10-. The van der Waals surface area contributed by atoms with Gasteiger partial charge >= 0.3 is 5.97 Å². The van der Waals surface area contributed by atoms with Gasteiger partial charge in [-0.25, -0.2) is 4.79 Å². The lowest BCUT2D eigenvalue weighted by Gasteiger charge is -2.18. The zero-order valence-electron chi connectivity index (χ0n) is 17.7. The summed E-state index contributed by atoms with van der Waals surface area (Å²) in [6, 6.07) is 3.29. The molecular weight excluding hydrogens is 504 g/mol. The average molecular weight is 527 g/mol. The maximum atomic E-state index is 12.7. The van der Waals surface area contributed by atoms with Gasteiger partial charge in [-0.05, 0) is 71.2 Å². The Morgan fingerprint density at radius 1 is 1.22 bits per heavy atom. The lowest BCUT2D eigenvalue weighted by atomic mass is 10.2. The van der Waals surface area contributed by atoms with Crippen LogP contribution >= 0.6 is 27.7 Å². The number of ether oxygens (including phenoxy) is 3. The van der Waals surface area contributed by atoms with Crippen molar-refractivity contribution in [3.8, 4) is 11.5 Å². The van der Waals surface area contributed by atoms with Crippen LogP contribution in [0.5, 0.6) is 11.5 Å². The first-order valence-electron chi connectivity index (χ1n) is 10.0. The molecule has 11 heteroatoms. The number of imide groups is 1. The molecule has 2 aliphatic rings. The van der Waals surface area contributed by atoms with Gasteiger partial charge in [0.05, 0.1) is 23.1 Å². The van der Waals surface area contributed by atoms with Gasteiger partial charge in [-0.2, -0.15) is 0 Å². The van der Waals surface area contributed by atoms with Gasteiger partial charge in [-0.15, -0.1) is 0 Å². The molecule has 3 rings (SSSR count). The number of hydrogen-bond acceptors (Lipinski definition) is 8. The Balaban J connectivity index is 1.74. The largest absolute Gasteiger partial charge is 0.493 e. The van der Waals surface area contributed by atoms with Crippen LogP contribution in [-0.2, 0) is 19.1 Å². The molecule has 2 heterocycles. The number of nitrogens with zero attached hydrogens (tertiary/aromatic N) is 2. The monoisotopic (exact) mass is 526 g/mol. The third-order valence-electron chi connectivity index (χ3n) is 4.81. The van der Waals surface area contributed by atoms with Crippen molar-refractivity contribution < 1.29 is 33.4 Å². The van der Waals surface area contributed by atoms with E-state index in [9.17, 15) is 19.2 Å². The summed E-state index contributed by atoms with van der Waals surface area (Å²) in [7, 11) is 1.45. The third-order valence-corrected chi connectivity index (χ3v) is 6.31. The normalized spacial score (nSPS) is 17.3. The number of carbonyl (C=O) groups excluding carboxylic acids is 4. The molecule has 0 aliphatic carbocycles. The fourth-order valence-electron chi connectivity index (χ4n) is 3.29. The van der Waals surface area contributed by atoms with E-state index in [1.165, 1.54) is 7.11 Å². The molecule has 0 atom stereocenters. The van der Waals surface area contributed by atoms with E-state index < -0.39 is 17.1 Å². The summed E-state index contributed by atoms with van der Waals surface area (Å²) in [5.74, 6) is -0.605. The predicted molar refractivity (Wildman–Crippen MR) is 121 cm³/mol. The molecule has 32 heavy (non-hydrogen) atoms. The second-order valence-corrected chi connectivity index (χ2v) is 8.83. The van der Waals surface area contributed by atoms with Crippen molar-refractivity contribution in [3.05, 3.63) is 27.1 Å². The fraction of sp³-hybridized carbons (Fsp3) is 0.429. The molecular formula is C21H23BrN2O7S. The van der Waals surface area contributed by atoms with Crippen molar-refractivity contribution >= 4 is 56.8 Å². The van der Waals surface area contributed by atoms with Crippen molar-refractivity contribution in [3.63, 3.8) is 0 Å². The summed E-state index contributed by atoms with van der Waals surface area (Å²) in [5, 5.41) is -0.478. The van der Waals surface area contributed by atoms with E-state index in [4.69, 9.17) is 14.2 Å². The lowest BCUT2D eigenvalue weighted by Crippen LogP contribution is -2.40. The summed E-state index contributed by atoms with van der Waals surface area (Å²) in [5.41, 5.74) is 0.577. The number of thioether (sulfide) groups is 1. The smallest absolute Gasteiger partial charge is 0.344 e. The molecule has 0 N–H and O–H groups in total. The van der Waals surface area contributed by atoms with E-state index in [0.717, 1.165) is 29.5 Å². The number of hydrogen-bond donors (Lipinski definition) is 0. The van der Waals surface area contributed by atoms with Crippen LogP contribution < -0.4 is 9.47 Å². The highest BCUT2D eigenvalue weighted by Gasteiger charge is 2.37. The van der Waals surface area contributed by atoms with Gasteiger partial charge in [-0.1, -0.05) is 0 Å². The zero-order valence-corrected chi connectivity index (χ0v) is 20.1. The van der Waals surface area contributed by atoms with E-state index in [2.05, 4.69) is 15.9 Å². The highest BCUT2D eigenvalue weighted by molar-refractivity contribution is 9.10. The minimum absolute atomic E-state index is 0.207. The van der Waals surface area contributed by atoms with E-state index in [1.807, 2.05) is 0 Å². The molecule has 0 bridgehead atoms. The van der Waals surface area contributed by atoms with Crippen LogP contribution in [-0.4, -0.2) is 72.8 Å². The van der Waals surface area contributed by atoms with Crippen molar-refractivity contribution in [1.29, 1.82) is 0 Å². The molecule has 0 radical (unpaired) electrons. The Hall–Kier alpha value is -2.53. The highest BCUT2D eigenvalue weighted by atomic mass is 79.9. The van der Waals surface area contributed by atoms with Gasteiger partial charge in [0.2, 0.25) is 5.91 Å². The van der Waals surface area contributed by atoms with Crippen LogP contribution in [0.4, 0.5) is 4.79 Å². The van der Waals surface area contributed by atoms with Crippen molar-refractivity contribution in [2.45, 2.75) is 19.8 Å². The van der Waals surface area contributed by atoms with Crippen LogP contribution in [0.3, 0.4) is 0 Å². The van der Waals surface area contributed by atoms with E-state index >= 15 is 0 Å². The molecule has 2 fully saturated rings. The van der Waals surface area contributed by atoms with Crippen molar-refractivity contribution in [2.24, 2.45) is 0 Å². The number of methoxy groups -OCH3 is 1. The van der Waals surface area contributed by atoms with Gasteiger partial charge in [-0.3, -0.25) is 19.3 Å². The van der Waals surface area contributed by atoms with E-state index in [-0.39, 0.29) is 30.6 Å². The summed E-state index contributed by atoms with van der Waals surface area (Å²) in [6.07, 6.45) is 3.42. The third kappa shape index (κ3) is 5.63. The van der Waals surface area contributed by atoms with E-state index in [1.54, 1.807) is 30.0 Å². The molecule has 0 aromatic heterocycles. The summed E-state index contributed by atoms with van der Waals surface area (Å²) in [4.78, 5) is 51.9. The van der Waals surface area contributed by atoms with Gasteiger partial charge in [0, 0.05) is 13.1 Å². The Morgan fingerprint density at radius 3 is 2.59 bits per heavy atom. The lowest BCUT2D eigenvalue weighted by molar-refractivity contribution is -0.145. The number of halogens is 1. The predicted octanol–water partition coefficient (Wildman–Crippen LogP) is 3.06. The second kappa shape index (κ2) is 10.9. The Morgan fingerprint density at radius 2 is 1.94 bits per heavy atom. The second-order valence-electron chi connectivity index (χ2n) is 6.98. The maximum absolute atomic E-state index is 12.7. The minimum Gasteiger partial charge on any atom is -0.493 e. The molecule has 0 unspecified atom stereocenters. The first kappa shape index (κ1) is 24.1. The Labute approximate surface area is 198 Å². The fourth-order valence-corrected chi connectivity index (χ4v) is 4.70. The number of carbonyl (C=O) groups is 4. The molecule has 172 valence electrons. The van der Waals surface area contributed by atoms with Crippen molar-refractivity contribution in [1.82, 2.24) is 9.80 Å². The number of rotatable bonds is 8. The van der Waals surface area contributed by atoms with Crippen LogP contribution in [0.15, 0.2) is 21.5 Å². The van der Waals surface area contributed by atoms with E-state index in [0.29, 0.717) is 34.6 Å².